The van der Waals surface area contributed by atoms with Gasteiger partial charge in [-0.05, 0) is 44.0 Å². The molecule has 5 heteroatoms. The lowest BCUT2D eigenvalue weighted by Gasteiger charge is -2.21. The zero-order valence-corrected chi connectivity index (χ0v) is 10.9. The molecule has 0 spiro atoms. The van der Waals surface area contributed by atoms with E-state index in [4.69, 9.17) is 10.00 Å². The molecule has 1 atom stereocenters. The van der Waals surface area contributed by atoms with Crippen LogP contribution in [0.15, 0.2) is 24.3 Å². The van der Waals surface area contributed by atoms with Crippen LogP contribution in [0.25, 0.3) is 0 Å². The zero-order chi connectivity index (χ0) is 13.7. The maximum Gasteiger partial charge on any atom is 0.338 e. The molecule has 1 heterocycles. The van der Waals surface area contributed by atoms with E-state index in [0.29, 0.717) is 12.2 Å². The highest BCUT2D eigenvalue weighted by Gasteiger charge is 2.23. The monoisotopic (exact) mass is 259 g/mol. The fraction of sp³-hybridized carbons (Fsp3) is 0.429. The summed E-state index contributed by atoms with van der Waals surface area (Å²) < 4.78 is 4.92. The number of rotatable bonds is 4. The lowest BCUT2D eigenvalue weighted by atomic mass is 10.2. The van der Waals surface area contributed by atoms with E-state index in [1.165, 1.54) is 0 Å². The molecular weight excluding hydrogens is 242 g/mol. The normalized spacial score (nSPS) is 18.8. The Balaban J connectivity index is 1.99. The van der Waals surface area contributed by atoms with E-state index in [-0.39, 0.29) is 12.0 Å². The third kappa shape index (κ3) is 3.24. The molecule has 1 aliphatic rings. The van der Waals surface area contributed by atoms with Crippen LogP contribution in [-0.2, 0) is 4.74 Å². The summed E-state index contributed by atoms with van der Waals surface area (Å²) in [5, 5.41) is 10.9. The highest BCUT2D eigenvalue weighted by molar-refractivity contribution is 5.89. The van der Waals surface area contributed by atoms with Crippen LogP contribution in [0, 0.1) is 11.3 Å². The number of esters is 1. The van der Waals surface area contributed by atoms with Gasteiger partial charge >= 0.3 is 5.97 Å². The molecule has 19 heavy (non-hydrogen) atoms. The molecule has 2 rings (SSSR count). The standard InChI is InChI=1S/C14H17N3O2/c1-2-19-14(18)11-5-7-12(8-6-11)16-17-9-3-4-13(17)10-15/h5-8,13,16H,2-4,9H2,1H3. The molecule has 100 valence electrons. The summed E-state index contributed by atoms with van der Waals surface area (Å²) in [7, 11) is 0. The molecule has 0 bridgehead atoms. The Hall–Kier alpha value is -2.06. The van der Waals surface area contributed by atoms with Crippen molar-refractivity contribution in [1.29, 1.82) is 5.26 Å². The van der Waals surface area contributed by atoms with E-state index >= 15 is 0 Å². The lowest BCUT2D eigenvalue weighted by molar-refractivity contribution is 0.0526. The molecule has 1 saturated heterocycles. The lowest BCUT2D eigenvalue weighted by Crippen LogP contribution is -2.33. The van der Waals surface area contributed by atoms with E-state index in [0.717, 1.165) is 25.1 Å². The quantitative estimate of drug-likeness (QED) is 0.839. The predicted octanol–water partition coefficient (Wildman–Crippen LogP) is 2.18. The number of hydrogen-bond acceptors (Lipinski definition) is 5. The average molecular weight is 259 g/mol. The van der Waals surface area contributed by atoms with Crippen molar-refractivity contribution in [1.82, 2.24) is 5.01 Å². The Bertz CT molecular complexity index is 478. The van der Waals surface area contributed by atoms with Crippen LogP contribution < -0.4 is 5.43 Å². The molecule has 1 fully saturated rings. The first-order valence-electron chi connectivity index (χ1n) is 6.44. The minimum Gasteiger partial charge on any atom is -0.462 e. The number of carbonyl (C=O) groups excluding carboxylic acids is 1. The maximum atomic E-state index is 11.5. The summed E-state index contributed by atoms with van der Waals surface area (Å²) >= 11 is 0. The largest absolute Gasteiger partial charge is 0.462 e. The second kappa shape index (κ2) is 6.21. The second-order valence-electron chi connectivity index (χ2n) is 4.39. The third-order valence-corrected chi connectivity index (χ3v) is 3.07. The Morgan fingerprint density at radius 1 is 1.53 bits per heavy atom. The zero-order valence-electron chi connectivity index (χ0n) is 10.9. The highest BCUT2D eigenvalue weighted by Crippen LogP contribution is 2.19. The van der Waals surface area contributed by atoms with Gasteiger partial charge < -0.3 is 10.2 Å². The average Bonchev–Trinajstić information content (AvgIpc) is 2.87. The first-order chi connectivity index (χ1) is 9.24. The van der Waals surface area contributed by atoms with Gasteiger partial charge in [0.15, 0.2) is 0 Å². The number of hydrogen-bond donors (Lipinski definition) is 1. The molecule has 0 amide bonds. The van der Waals surface area contributed by atoms with Gasteiger partial charge in [0.05, 0.1) is 18.2 Å². The van der Waals surface area contributed by atoms with Gasteiger partial charge in [-0.2, -0.15) is 5.26 Å². The van der Waals surface area contributed by atoms with Gasteiger partial charge in [0.25, 0.3) is 0 Å². The van der Waals surface area contributed by atoms with Gasteiger partial charge in [0.2, 0.25) is 0 Å². The highest BCUT2D eigenvalue weighted by atomic mass is 16.5. The summed E-state index contributed by atoms with van der Waals surface area (Å²) in [6.45, 7) is 3.01. The number of anilines is 1. The van der Waals surface area contributed by atoms with E-state index in [2.05, 4.69) is 11.5 Å². The van der Waals surface area contributed by atoms with E-state index < -0.39 is 0 Å². The topological polar surface area (TPSA) is 65.4 Å². The van der Waals surface area contributed by atoms with Crippen molar-refractivity contribution in [2.75, 3.05) is 18.6 Å². The van der Waals surface area contributed by atoms with Crippen molar-refractivity contribution in [3.63, 3.8) is 0 Å². The smallest absolute Gasteiger partial charge is 0.338 e. The number of ether oxygens (including phenoxy) is 1. The fourth-order valence-electron chi connectivity index (χ4n) is 2.10. The van der Waals surface area contributed by atoms with Crippen molar-refractivity contribution in [2.45, 2.75) is 25.8 Å². The van der Waals surface area contributed by atoms with E-state index in [1.807, 2.05) is 17.1 Å². The summed E-state index contributed by atoms with van der Waals surface area (Å²) in [6, 6.07) is 9.27. The van der Waals surface area contributed by atoms with Crippen LogP contribution >= 0.6 is 0 Å². The second-order valence-corrected chi connectivity index (χ2v) is 4.39. The van der Waals surface area contributed by atoms with Crippen molar-refractivity contribution in [3.8, 4) is 6.07 Å². The number of nitriles is 1. The van der Waals surface area contributed by atoms with Gasteiger partial charge in [-0.25, -0.2) is 9.80 Å². The fourth-order valence-corrected chi connectivity index (χ4v) is 2.10. The molecule has 1 aromatic carbocycles. The van der Waals surface area contributed by atoms with Gasteiger partial charge in [-0.1, -0.05) is 0 Å². The Labute approximate surface area is 112 Å². The molecule has 0 aliphatic carbocycles. The van der Waals surface area contributed by atoms with Gasteiger partial charge in [0.1, 0.15) is 6.04 Å². The third-order valence-electron chi connectivity index (χ3n) is 3.07. The number of nitrogens with zero attached hydrogens (tertiary/aromatic N) is 2. The molecule has 0 saturated carbocycles. The van der Waals surface area contributed by atoms with Gasteiger partial charge in [-0.15, -0.1) is 0 Å². The first-order valence-corrected chi connectivity index (χ1v) is 6.44. The first kappa shape index (κ1) is 13.4. The molecule has 1 N–H and O–H groups in total. The van der Waals surface area contributed by atoms with Crippen LogP contribution in [0.5, 0.6) is 0 Å². The summed E-state index contributed by atoms with van der Waals surface area (Å²) in [5.41, 5.74) is 4.60. The van der Waals surface area contributed by atoms with Crippen molar-refractivity contribution >= 4 is 11.7 Å². The molecule has 1 unspecified atom stereocenters. The van der Waals surface area contributed by atoms with Crippen molar-refractivity contribution in [2.24, 2.45) is 0 Å². The molecule has 5 nitrogen and oxygen atoms in total. The molecule has 0 aromatic heterocycles. The van der Waals surface area contributed by atoms with Gasteiger partial charge in [0, 0.05) is 12.2 Å². The van der Waals surface area contributed by atoms with Crippen LogP contribution in [0.2, 0.25) is 0 Å². The van der Waals surface area contributed by atoms with Crippen LogP contribution in [0.1, 0.15) is 30.1 Å². The Morgan fingerprint density at radius 2 is 2.26 bits per heavy atom. The number of hydrazine groups is 1. The van der Waals surface area contributed by atoms with Crippen molar-refractivity contribution in [3.05, 3.63) is 29.8 Å². The molecule has 1 aromatic rings. The number of nitrogens with one attached hydrogen (secondary N) is 1. The SMILES string of the molecule is CCOC(=O)c1ccc(NN2CCCC2C#N)cc1. The van der Waals surface area contributed by atoms with Gasteiger partial charge in [-0.3, -0.25) is 0 Å². The Morgan fingerprint density at radius 3 is 2.89 bits per heavy atom. The molecule has 0 radical (unpaired) electrons. The van der Waals surface area contributed by atoms with E-state index in [9.17, 15) is 4.79 Å². The Kier molecular flexibility index (Phi) is 4.37. The van der Waals surface area contributed by atoms with Crippen LogP contribution in [0.4, 0.5) is 5.69 Å². The number of benzene rings is 1. The molecular formula is C14H17N3O2. The van der Waals surface area contributed by atoms with Crippen molar-refractivity contribution < 1.29 is 9.53 Å². The summed E-state index contributed by atoms with van der Waals surface area (Å²) in [5.74, 6) is -0.315. The minimum absolute atomic E-state index is 0.0790. The molecule has 1 aliphatic heterocycles. The predicted molar refractivity (Wildman–Crippen MR) is 71.4 cm³/mol. The number of carbonyl (C=O) groups is 1. The van der Waals surface area contributed by atoms with Crippen LogP contribution in [0.3, 0.4) is 0 Å². The minimum atomic E-state index is -0.315. The summed E-state index contributed by atoms with van der Waals surface area (Å²) in [4.78, 5) is 11.5. The van der Waals surface area contributed by atoms with E-state index in [1.54, 1.807) is 19.1 Å². The maximum absolute atomic E-state index is 11.5. The van der Waals surface area contributed by atoms with Crippen LogP contribution in [-0.4, -0.2) is 30.2 Å². The summed E-state index contributed by atoms with van der Waals surface area (Å²) in [6.07, 6.45) is 1.91.